The Morgan fingerprint density at radius 2 is 1.55 bits per heavy atom. The number of aryl methyl sites for hydroxylation is 1. The van der Waals surface area contributed by atoms with E-state index < -0.39 is 5.97 Å². The van der Waals surface area contributed by atoms with Gasteiger partial charge in [-0.15, -0.1) is 0 Å². The van der Waals surface area contributed by atoms with Crippen LogP contribution in [0.15, 0.2) is 39.5 Å². The fraction of sp³-hybridized carbons (Fsp3) is 0.516. The van der Waals surface area contributed by atoms with Crippen molar-refractivity contribution in [2.45, 2.75) is 85.0 Å². The van der Waals surface area contributed by atoms with Gasteiger partial charge in [0.15, 0.2) is 5.58 Å². The van der Waals surface area contributed by atoms with Gasteiger partial charge in [-0.25, -0.2) is 4.79 Å². The Kier molecular flexibility index (Phi) is 11.7. The minimum atomic E-state index is -0.544. The van der Waals surface area contributed by atoms with Gasteiger partial charge in [-0.05, 0) is 50.5 Å². The van der Waals surface area contributed by atoms with Gasteiger partial charge in [-0.1, -0.05) is 57.9 Å². The van der Waals surface area contributed by atoms with Crippen LogP contribution in [0.2, 0.25) is 0 Å². The number of benzene rings is 2. The summed E-state index contributed by atoms with van der Waals surface area (Å²) in [4.78, 5) is 37.9. The summed E-state index contributed by atoms with van der Waals surface area (Å²) >= 11 is 0. The van der Waals surface area contributed by atoms with E-state index in [1.807, 2.05) is 0 Å². The van der Waals surface area contributed by atoms with Gasteiger partial charge in [-0.3, -0.25) is 9.59 Å². The van der Waals surface area contributed by atoms with Crippen molar-refractivity contribution in [3.63, 3.8) is 0 Å². The van der Waals surface area contributed by atoms with E-state index in [-0.39, 0.29) is 35.6 Å². The third-order valence-electron chi connectivity index (χ3n) is 6.53. The maximum absolute atomic E-state index is 13.4. The molecule has 0 aliphatic rings. The number of hydrogen-bond acceptors (Lipinski definition) is 7. The maximum Gasteiger partial charge on any atom is 0.341 e. The van der Waals surface area contributed by atoms with Gasteiger partial charge < -0.3 is 18.6 Å². The minimum absolute atomic E-state index is 0.180. The first-order valence-electron chi connectivity index (χ1n) is 14.0. The van der Waals surface area contributed by atoms with Crippen LogP contribution in [0.4, 0.5) is 0 Å². The predicted molar refractivity (Wildman–Crippen MR) is 149 cm³/mol. The molecule has 0 aliphatic carbocycles. The van der Waals surface area contributed by atoms with E-state index in [1.165, 1.54) is 38.5 Å². The lowest BCUT2D eigenvalue weighted by molar-refractivity contribution is -0.143. The molecule has 7 nitrogen and oxygen atoms in total. The van der Waals surface area contributed by atoms with Crippen molar-refractivity contribution in [3.8, 4) is 5.75 Å². The number of hydrogen-bond donors (Lipinski definition) is 0. The standard InChI is InChI=1S/C31H40O7/c1-4-7-8-9-10-11-12-13-19-37-26-21-27-25(20-22(26)17-18-28(32)35-5-2)29(33)23-15-14-16-24(30(23)38-27)31(34)36-6-3/h14-16,20-21H,4-13,17-19H2,1-3H3. The fourth-order valence-electron chi connectivity index (χ4n) is 4.54. The van der Waals surface area contributed by atoms with Gasteiger partial charge >= 0.3 is 11.9 Å². The molecule has 0 unspecified atom stereocenters. The quantitative estimate of drug-likeness (QED) is 0.112. The van der Waals surface area contributed by atoms with Crippen molar-refractivity contribution in [2.75, 3.05) is 19.8 Å². The van der Waals surface area contributed by atoms with Crippen molar-refractivity contribution in [2.24, 2.45) is 0 Å². The summed E-state index contributed by atoms with van der Waals surface area (Å²) in [6.45, 7) is 6.77. The molecule has 0 bridgehead atoms. The Hall–Kier alpha value is -3.35. The largest absolute Gasteiger partial charge is 0.493 e. The van der Waals surface area contributed by atoms with Gasteiger partial charge in [0.05, 0.1) is 30.6 Å². The summed E-state index contributed by atoms with van der Waals surface area (Å²) in [6, 6.07) is 8.29. The molecule has 3 rings (SSSR count). The Labute approximate surface area is 224 Å². The molecule has 38 heavy (non-hydrogen) atoms. The van der Waals surface area contributed by atoms with Gasteiger partial charge in [-0.2, -0.15) is 0 Å². The monoisotopic (exact) mass is 524 g/mol. The highest BCUT2D eigenvalue weighted by Crippen LogP contribution is 2.30. The van der Waals surface area contributed by atoms with Crippen LogP contribution in [0, 0.1) is 0 Å². The highest BCUT2D eigenvalue weighted by Gasteiger charge is 2.19. The van der Waals surface area contributed by atoms with Crippen LogP contribution in [-0.4, -0.2) is 31.8 Å². The lowest BCUT2D eigenvalue weighted by Gasteiger charge is -2.14. The molecule has 0 radical (unpaired) electrons. The summed E-state index contributed by atoms with van der Waals surface area (Å²) in [5, 5.41) is 0.670. The number of para-hydroxylation sites is 1. The first-order valence-corrected chi connectivity index (χ1v) is 14.0. The second-order valence-corrected chi connectivity index (χ2v) is 9.42. The molecule has 1 aromatic heterocycles. The topological polar surface area (TPSA) is 92.0 Å². The third-order valence-corrected chi connectivity index (χ3v) is 6.53. The average molecular weight is 525 g/mol. The molecule has 0 aliphatic heterocycles. The van der Waals surface area contributed by atoms with Crippen LogP contribution in [0.25, 0.3) is 21.9 Å². The zero-order valence-corrected chi connectivity index (χ0v) is 22.9. The van der Waals surface area contributed by atoms with E-state index in [2.05, 4.69) is 6.92 Å². The Morgan fingerprint density at radius 1 is 0.842 bits per heavy atom. The lowest BCUT2D eigenvalue weighted by atomic mass is 10.0. The van der Waals surface area contributed by atoms with E-state index in [0.29, 0.717) is 41.7 Å². The zero-order valence-electron chi connectivity index (χ0n) is 22.9. The highest BCUT2D eigenvalue weighted by molar-refractivity contribution is 6.04. The van der Waals surface area contributed by atoms with Crippen LogP contribution in [-0.2, 0) is 20.7 Å². The average Bonchev–Trinajstić information content (AvgIpc) is 2.91. The molecule has 0 saturated heterocycles. The van der Waals surface area contributed by atoms with Crippen molar-refractivity contribution < 1.29 is 28.2 Å². The van der Waals surface area contributed by atoms with Crippen molar-refractivity contribution in [1.29, 1.82) is 0 Å². The number of rotatable bonds is 16. The Morgan fingerprint density at radius 3 is 2.26 bits per heavy atom. The van der Waals surface area contributed by atoms with Gasteiger partial charge in [0.1, 0.15) is 16.9 Å². The van der Waals surface area contributed by atoms with Crippen LogP contribution in [0.5, 0.6) is 5.75 Å². The molecule has 7 heteroatoms. The molecule has 2 aromatic carbocycles. The number of unbranched alkanes of at least 4 members (excludes halogenated alkanes) is 7. The van der Waals surface area contributed by atoms with E-state index in [0.717, 1.165) is 18.4 Å². The number of carbonyl (C=O) groups excluding carboxylic acids is 2. The second kappa shape index (κ2) is 15.2. The minimum Gasteiger partial charge on any atom is -0.493 e. The third kappa shape index (κ3) is 7.83. The number of ether oxygens (including phenoxy) is 3. The van der Waals surface area contributed by atoms with Crippen molar-refractivity contribution in [3.05, 3.63) is 51.7 Å². The molecule has 0 fully saturated rings. The Bertz CT molecular complexity index is 1270. The first-order chi connectivity index (χ1) is 18.5. The van der Waals surface area contributed by atoms with Crippen LogP contribution >= 0.6 is 0 Å². The summed E-state index contributed by atoms with van der Waals surface area (Å²) in [7, 11) is 0. The smallest absolute Gasteiger partial charge is 0.341 e. The number of fused-ring (bicyclic) bond motifs is 2. The SMILES string of the molecule is CCCCCCCCCCOc1cc2oc3c(C(=O)OCC)cccc3c(=O)c2cc1CCC(=O)OCC. The lowest BCUT2D eigenvalue weighted by Crippen LogP contribution is -2.10. The molecule has 206 valence electrons. The second-order valence-electron chi connectivity index (χ2n) is 9.42. The number of carbonyl (C=O) groups is 2. The van der Waals surface area contributed by atoms with E-state index in [1.54, 1.807) is 44.2 Å². The highest BCUT2D eigenvalue weighted by atomic mass is 16.5. The van der Waals surface area contributed by atoms with E-state index in [4.69, 9.17) is 18.6 Å². The van der Waals surface area contributed by atoms with Crippen LogP contribution in [0.1, 0.15) is 94.5 Å². The van der Waals surface area contributed by atoms with Gasteiger partial charge in [0.25, 0.3) is 0 Å². The molecule has 0 atom stereocenters. The Balaban J connectivity index is 1.87. The molecule has 0 amide bonds. The zero-order chi connectivity index (χ0) is 27.3. The van der Waals surface area contributed by atoms with Crippen molar-refractivity contribution in [1.82, 2.24) is 0 Å². The van der Waals surface area contributed by atoms with Gasteiger partial charge in [0, 0.05) is 12.5 Å². The molecule has 0 N–H and O–H groups in total. The summed E-state index contributed by atoms with van der Waals surface area (Å²) < 4.78 is 22.5. The molecule has 0 spiro atoms. The molecule has 1 heterocycles. The van der Waals surface area contributed by atoms with Crippen LogP contribution in [0.3, 0.4) is 0 Å². The van der Waals surface area contributed by atoms with Crippen molar-refractivity contribution >= 4 is 33.9 Å². The molecular formula is C31H40O7. The number of esters is 2. The molecular weight excluding hydrogens is 484 g/mol. The predicted octanol–water partition coefficient (Wildman–Crippen LogP) is 7.14. The maximum atomic E-state index is 13.4. The first kappa shape index (κ1) is 29.2. The summed E-state index contributed by atoms with van der Waals surface area (Å²) in [5.41, 5.74) is 1.22. The normalized spacial score (nSPS) is 11.1. The van der Waals surface area contributed by atoms with Gasteiger partial charge in [0.2, 0.25) is 5.43 Å². The fourth-order valence-corrected chi connectivity index (χ4v) is 4.54. The molecule has 3 aromatic rings. The summed E-state index contributed by atoms with van der Waals surface area (Å²) in [5.74, 6) is -0.273. The molecule has 0 saturated carbocycles. The van der Waals surface area contributed by atoms with E-state index >= 15 is 0 Å². The summed E-state index contributed by atoms with van der Waals surface area (Å²) in [6.07, 6.45) is 10.1. The van der Waals surface area contributed by atoms with Crippen LogP contribution < -0.4 is 10.2 Å². The van der Waals surface area contributed by atoms with E-state index in [9.17, 15) is 14.4 Å².